The molecule has 0 saturated carbocycles. The molecule has 12 nitrogen and oxygen atoms in total. The smallest absolute Gasteiger partial charge is 0.304 e. The van der Waals surface area contributed by atoms with Gasteiger partial charge in [-0.3, -0.25) is 19.0 Å². The largest absolute Gasteiger partial charge is 0.440 e. The molecular formula is C16H19N5O7. The van der Waals surface area contributed by atoms with Gasteiger partial charge >= 0.3 is 5.97 Å². The lowest BCUT2D eigenvalue weighted by molar-refractivity contribution is -0.192. The Morgan fingerprint density at radius 3 is 2.36 bits per heavy atom. The summed E-state index contributed by atoms with van der Waals surface area (Å²) in [6.45, 7) is 3.07. The molecule has 0 unspecified atom stereocenters. The van der Waals surface area contributed by atoms with Crippen LogP contribution in [0.5, 0.6) is 0 Å². The Morgan fingerprint density at radius 2 is 1.79 bits per heavy atom. The number of aliphatic hydroxyl groups excluding tert-OH is 2. The van der Waals surface area contributed by atoms with Gasteiger partial charge in [-0.15, -0.1) is 0 Å². The summed E-state index contributed by atoms with van der Waals surface area (Å²) in [4.78, 5) is 48.1. The van der Waals surface area contributed by atoms with Crippen LogP contribution < -0.4 is 5.73 Å². The summed E-state index contributed by atoms with van der Waals surface area (Å²) in [7, 11) is 0. The Morgan fingerprint density at radius 1 is 1.14 bits per heavy atom. The number of esters is 1. The van der Waals surface area contributed by atoms with Gasteiger partial charge in [-0.2, -0.15) is 0 Å². The summed E-state index contributed by atoms with van der Waals surface area (Å²) in [5.41, 5.74) is 3.76. The molecule has 3 rings (SSSR count). The first-order valence-electron chi connectivity index (χ1n) is 8.27. The van der Waals surface area contributed by atoms with Gasteiger partial charge in [0.25, 0.3) is 5.60 Å². The van der Waals surface area contributed by atoms with Crippen LogP contribution in [0.15, 0.2) is 12.7 Å². The number of anilines is 1. The van der Waals surface area contributed by atoms with Crippen molar-refractivity contribution in [3.05, 3.63) is 12.7 Å². The molecule has 0 spiro atoms. The standard InChI is InChI=1S/C16H19N5O7/c1-6(22)16(7(2)23,28-8(3)24)12-10(25)11(26)15(27-12)21-5-20-9-13(17)18-4-19-14(9)21/h4-5,10-12,15,25-26H,1-3H3,(H2,17,18,19)/t10-,11+,12-,15+/m0/s1. The Labute approximate surface area is 158 Å². The predicted octanol–water partition coefficient (Wildman–Crippen LogP) is -1.49. The molecule has 1 aliphatic heterocycles. The highest BCUT2D eigenvalue weighted by molar-refractivity contribution is 6.10. The third-order valence-electron chi connectivity index (χ3n) is 4.65. The fraction of sp³-hybridized carbons (Fsp3) is 0.500. The number of nitrogens with two attached hydrogens (primary N) is 1. The van der Waals surface area contributed by atoms with Crippen molar-refractivity contribution in [1.82, 2.24) is 19.5 Å². The molecule has 0 aromatic carbocycles. The van der Waals surface area contributed by atoms with Crippen LogP contribution in [0.1, 0.15) is 27.0 Å². The summed E-state index contributed by atoms with van der Waals surface area (Å²) < 4.78 is 12.0. The van der Waals surface area contributed by atoms with Crippen molar-refractivity contribution in [2.75, 3.05) is 5.73 Å². The van der Waals surface area contributed by atoms with Gasteiger partial charge in [0, 0.05) is 6.92 Å². The van der Waals surface area contributed by atoms with Crippen LogP contribution in [0, 0.1) is 0 Å². The van der Waals surface area contributed by atoms with Crippen LogP contribution in [0.3, 0.4) is 0 Å². The average Bonchev–Trinajstić information content (AvgIpc) is 3.15. The fourth-order valence-electron chi connectivity index (χ4n) is 3.36. The van der Waals surface area contributed by atoms with E-state index in [1.807, 2.05) is 0 Å². The molecule has 4 atom stereocenters. The second-order valence-electron chi connectivity index (χ2n) is 6.45. The van der Waals surface area contributed by atoms with Crippen molar-refractivity contribution < 1.29 is 34.1 Å². The second kappa shape index (κ2) is 6.89. The molecule has 3 heterocycles. The molecule has 12 heteroatoms. The van der Waals surface area contributed by atoms with Gasteiger partial charge in [0.1, 0.15) is 30.2 Å². The average molecular weight is 393 g/mol. The lowest BCUT2D eigenvalue weighted by atomic mass is 9.84. The first-order valence-corrected chi connectivity index (χ1v) is 8.27. The molecule has 0 amide bonds. The zero-order chi connectivity index (χ0) is 20.8. The van der Waals surface area contributed by atoms with Crippen molar-refractivity contribution in [1.29, 1.82) is 0 Å². The van der Waals surface area contributed by atoms with Crippen molar-refractivity contribution >= 4 is 34.5 Å². The lowest BCUT2D eigenvalue weighted by Crippen LogP contribution is -2.60. The molecular weight excluding hydrogens is 374 g/mol. The Hall–Kier alpha value is -2.96. The van der Waals surface area contributed by atoms with E-state index in [2.05, 4.69) is 15.0 Å². The highest BCUT2D eigenvalue weighted by Crippen LogP contribution is 2.39. The molecule has 2 aromatic heterocycles. The monoisotopic (exact) mass is 393 g/mol. The van der Waals surface area contributed by atoms with Crippen LogP contribution in [-0.2, 0) is 23.9 Å². The third kappa shape index (κ3) is 2.82. The quantitative estimate of drug-likeness (QED) is 0.398. The number of Topliss-reactive ketones (excluding diaryl/α,β-unsaturated/α-hetero) is 2. The maximum Gasteiger partial charge on any atom is 0.304 e. The number of carbonyl (C=O) groups is 3. The molecule has 28 heavy (non-hydrogen) atoms. The number of carbonyl (C=O) groups excluding carboxylic acids is 3. The number of nitrogens with zero attached hydrogens (tertiary/aromatic N) is 4. The third-order valence-corrected chi connectivity index (χ3v) is 4.65. The van der Waals surface area contributed by atoms with Crippen molar-refractivity contribution in [2.24, 2.45) is 0 Å². The van der Waals surface area contributed by atoms with E-state index >= 15 is 0 Å². The van der Waals surface area contributed by atoms with Crippen LogP contribution >= 0.6 is 0 Å². The van der Waals surface area contributed by atoms with Gasteiger partial charge in [0.2, 0.25) is 0 Å². The SMILES string of the molecule is CC(=O)OC(C(C)=O)(C(C)=O)[C@H]1O[C@@H](n2cnc3c(N)ncnc32)[C@H](O)[C@@H]1O. The first-order chi connectivity index (χ1) is 13.1. The van der Waals surface area contributed by atoms with E-state index in [9.17, 15) is 24.6 Å². The highest BCUT2D eigenvalue weighted by Gasteiger charge is 2.61. The number of aromatic nitrogens is 4. The number of hydrogen-bond acceptors (Lipinski definition) is 11. The minimum Gasteiger partial charge on any atom is -0.440 e. The minimum absolute atomic E-state index is 0.0927. The van der Waals surface area contributed by atoms with Crippen LogP contribution in [-0.4, -0.2) is 71.2 Å². The topological polar surface area (TPSA) is 180 Å². The van der Waals surface area contributed by atoms with Gasteiger partial charge in [-0.1, -0.05) is 0 Å². The van der Waals surface area contributed by atoms with Crippen LogP contribution in [0.4, 0.5) is 5.82 Å². The number of rotatable bonds is 5. The normalized spacial score (nSPS) is 25.0. The molecule has 0 aliphatic carbocycles. The summed E-state index contributed by atoms with van der Waals surface area (Å²) in [6.07, 6.45) is -3.82. The number of aliphatic hydroxyl groups is 2. The number of ether oxygens (including phenoxy) is 2. The van der Waals surface area contributed by atoms with Crippen molar-refractivity contribution in [2.45, 2.75) is 50.9 Å². The van der Waals surface area contributed by atoms with Gasteiger partial charge in [0.05, 0.1) is 6.33 Å². The number of hydrogen-bond donors (Lipinski definition) is 3. The number of imidazole rings is 1. The Balaban J connectivity index is 2.07. The number of nitrogen functional groups attached to an aromatic ring is 1. The van der Waals surface area contributed by atoms with E-state index in [1.165, 1.54) is 17.2 Å². The summed E-state index contributed by atoms with van der Waals surface area (Å²) >= 11 is 0. The molecule has 1 aliphatic rings. The zero-order valence-electron chi connectivity index (χ0n) is 15.3. The molecule has 150 valence electrons. The fourth-order valence-corrected chi connectivity index (χ4v) is 3.36. The summed E-state index contributed by atoms with van der Waals surface area (Å²) in [5, 5.41) is 21.1. The van der Waals surface area contributed by atoms with E-state index in [1.54, 1.807) is 0 Å². The summed E-state index contributed by atoms with van der Waals surface area (Å²) in [5.74, 6) is -2.54. The molecule has 0 radical (unpaired) electrons. The molecule has 4 N–H and O–H groups in total. The van der Waals surface area contributed by atoms with Gasteiger partial charge in [-0.25, -0.2) is 15.0 Å². The first kappa shape index (κ1) is 19.8. The van der Waals surface area contributed by atoms with Gasteiger partial charge in [0.15, 0.2) is 29.3 Å². The maximum absolute atomic E-state index is 12.3. The Bertz CT molecular complexity index is 944. The van der Waals surface area contributed by atoms with E-state index in [0.29, 0.717) is 0 Å². The molecule has 1 fully saturated rings. The predicted molar refractivity (Wildman–Crippen MR) is 91.5 cm³/mol. The van der Waals surface area contributed by atoms with Gasteiger partial charge < -0.3 is 25.4 Å². The van der Waals surface area contributed by atoms with E-state index in [4.69, 9.17) is 15.2 Å². The maximum atomic E-state index is 12.3. The number of fused-ring (bicyclic) bond motifs is 1. The highest BCUT2D eigenvalue weighted by atomic mass is 16.6. The lowest BCUT2D eigenvalue weighted by Gasteiger charge is -2.34. The minimum atomic E-state index is -2.41. The second-order valence-corrected chi connectivity index (χ2v) is 6.45. The number of ketones is 2. The molecule has 1 saturated heterocycles. The van der Waals surface area contributed by atoms with Crippen molar-refractivity contribution in [3.63, 3.8) is 0 Å². The zero-order valence-corrected chi connectivity index (χ0v) is 15.3. The van der Waals surface area contributed by atoms with E-state index in [-0.39, 0.29) is 17.0 Å². The van der Waals surface area contributed by atoms with Crippen LogP contribution in [0.25, 0.3) is 11.2 Å². The van der Waals surface area contributed by atoms with Gasteiger partial charge in [-0.05, 0) is 13.8 Å². The van der Waals surface area contributed by atoms with E-state index < -0.39 is 47.7 Å². The Kier molecular flexibility index (Phi) is 4.87. The summed E-state index contributed by atoms with van der Waals surface area (Å²) in [6, 6.07) is 0. The van der Waals surface area contributed by atoms with E-state index in [0.717, 1.165) is 20.8 Å². The molecule has 2 aromatic rings. The van der Waals surface area contributed by atoms with Crippen molar-refractivity contribution in [3.8, 4) is 0 Å². The van der Waals surface area contributed by atoms with Crippen LogP contribution in [0.2, 0.25) is 0 Å². The molecule has 0 bridgehead atoms.